The Morgan fingerprint density at radius 2 is 0.658 bits per heavy atom. The van der Waals surface area contributed by atoms with Crippen molar-refractivity contribution in [3.05, 3.63) is 97.2 Å². The summed E-state index contributed by atoms with van der Waals surface area (Å²) in [7, 11) is -4.39. The van der Waals surface area contributed by atoms with Crippen molar-refractivity contribution >= 4 is 19.8 Å². The molecule has 79 heavy (non-hydrogen) atoms. The van der Waals surface area contributed by atoms with Crippen LogP contribution in [0.4, 0.5) is 0 Å². The second-order valence-electron chi connectivity index (χ2n) is 21.6. The minimum Gasteiger partial charge on any atom is -0.462 e. The average molecular weight is 1120 g/mol. The lowest BCUT2D eigenvalue weighted by molar-refractivity contribution is -0.161. The second-order valence-corrected chi connectivity index (χ2v) is 23.0. The van der Waals surface area contributed by atoms with Gasteiger partial charge in [-0.05, 0) is 89.9 Å². The van der Waals surface area contributed by atoms with Crippen LogP contribution in [-0.4, -0.2) is 49.3 Å². The number of carbonyl (C=O) groups is 2. The highest BCUT2D eigenvalue weighted by Crippen LogP contribution is 2.43. The van der Waals surface area contributed by atoms with Crippen LogP contribution in [0.15, 0.2) is 97.2 Å². The molecule has 0 bridgehead atoms. The fourth-order valence-electron chi connectivity index (χ4n) is 9.21. The summed E-state index contributed by atoms with van der Waals surface area (Å²) in [5, 5.41) is 0. The molecule has 0 saturated heterocycles. The van der Waals surface area contributed by atoms with Gasteiger partial charge in [-0.3, -0.25) is 18.6 Å². The van der Waals surface area contributed by atoms with Crippen LogP contribution in [0.2, 0.25) is 0 Å². The average Bonchev–Trinajstić information content (AvgIpc) is 3.44. The molecule has 0 aromatic carbocycles. The molecule has 0 aromatic heterocycles. The van der Waals surface area contributed by atoms with E-state index in [1.807, 2.05) is 0 Å². The van der Waals surface area contributed by atoms with Crippen LogP contribution < -0.4 is 5.73 Å². The van der Waals surface area contributed by atoms with E-state index in [2.05, 4.69) is 111 Å². The van der Waals surface area contributed by atoms with Crippen LogP contribution in [0.1, 0.15) is 296 Å². The fourth-order valence-corrected chi connectivity index (χ4v) is 9.97. The zero-order chi connectivity index (χ0) is 57.3. The summed E-state index contributed by atoms with van der Waals surface area (Å²) >= 11 is 0. The molecule has 0 spiro atoms. The quantitative estimate of drug-likeness (QED) is 0.0264. The molecule has 9 nitrogen and oxygen atoms in total. The number of hydrogen-bond donors (Lipinski definition) is 2. The third kappa shape index (κ3) is 64.0. The molecule has 3 N–H and O–H groups in total. The van der Waals surface area contributed by atoms with Crippen molar-refractivity contribution in [2.24, 2.45) is 5.73 Å². The van der Waals surface area contributed by atoms with Gasteiger partial charge in [0.05, 0.1) is 13.2 Å². The van der Waals surface area contributed by atoms with E-state index in [0.29, 0.717) is 6.42 Å². The van der Waals surface area contributed by atoms with E-state index in [0.717, 1.165) is 103 Å². The van der Waals surface area contributed by atoms with Crippen LogP contribution in [0, 0.1) is 0 Å². The molecule has 0 radical (unpaired) electrons. The number of phosphoric ester groups is 1. The van der Waals surface area contributed by atoms with Gasteiger partial charge in [0.25, 0.3) is 0 Å². The van der Waals surface area contributed by atoms with Gasteiger partial charge in [0, 0.05) is 19.4 Å². The maximum absolute atomic E-state index is 12.7. The second kappa shape index (κ2) is 64.1. The van der Waals surface area contributed by atoms with Gasteiger partial charge in [-0.15, -0.1) is 0 Å². The summed E-state index contributed by atoms with van der Waals surface area (Å²) in [6.45, 7) is 3.53. The summed E-state index contributed by atoms with van der Waals surface area (Å²) < 4.78 is 33.1. The van der Waals surface area contributed by atoms with Crippen molar-refractivity contribution in [2.45, 2.75) is 302 Å². The summed E-state index contributed by atoms with van der Waals surface area (Å²) in [6.07, 6.45) is 86.5. The first-order chi connectivity index (χ1) is 38.8. The fraction of sp³-hybridized carbons (Fsp3) is 0.739. The predicted octanol–water partition coefficient (Wildman–Crippen LogP) is 21.2. The monoisotopic (exact) mass is 1120 g/mol. The third-order valence-corrected chi connectivity index (χ3v) is 14.9. The Bertz CT molecular complexity index is 1610. The first-order valence-corrected chi connectivity index (χ1v) is 34.2. The molecule has 0 heterocycles. The molecule has 0 amide bonds. The third-order valence-electron chi connectivity index (χ3n) is 14.0. The van der Waals surface area contributed by atoms with Crippen LogP contribution >= 0.6 is 7.82 Å². The highest BCUT2D eigenvalue weighted by molar-refractivity contribution is 7.47. The van der Waals surface area contributed by atoms with E-state index in [1.165, 1.54) is 161 Å². The van der Waals surface area contributed by atoms with E-state index in [1.54, 1.807) is 0 Å². The summed E-state index contributed by atoms with van der Waals surface area (Å²) in [5.41, 5.74) is 5.39. The number of rotatable bonds is 61. The standard InChI is InChI=1S/C69H122NO8P/c1-3-5-7-9-11-13-15-17-19-21-22-23-24-25-26-27-28-29-30-31-32-33-34-35-36-37-38-39-40-41-42-43-44-46-48-50-52-54-56-58-60-62-69(72)78-67(66-77-79(73,74)76-64-63-70)65-75-68(71)61-59-57-55-53-51-49-47-45-20-18-16-14-12-10-8-6-4-2/h5-8,11-14,17-20,22-23,25-26,67H,3-4,9-10,15-16,21,24,27-66,70H2,1-2H3,(H,73,74)/b7-5-,8-6-,13-11-,14-12-,19-17-,20-18-,23-22-,26-25-. The molecule has 0 fully saturated rings. The summed E-state index contributed by atoms with van der Waals surface area (Å²) in [4.78, 5) is 35.2. The van der Waals surface area contributed by atoms with Crippen molar-refractivity contribution < 1.29 is 37.6 Å². The lowest BCUT2D eigenvalue weighted by Crippen LogP contribution is -2.29. The normalized spacial score (nSPS) is 13.6. The molecule has 2 atom stereocenters. The zero-order valence-electron chi connectivity index (χ0n) is 51.1. The Morgan fingerprint density at radius 3 is 0.975 bits per heavy atom. The molecule has 10 heteroatoms. The first-order valence-electron chi connectivity index (χ1n) is 32.7. The Balaban J connectivity index is 3.78. The Labute approximate surface area is 486 Å². The number of nitrogens with two attached hydrogens (primary N) is 1. The van der Waals surface area contributed by atoms with Crippen molar-refractivity contribution in [3.63, 3.8) is 0 Å². The Morgan fingerprint density at radius 1 is 0.380 bits per heavy atom. The summed E-state index contributed by atoms with van der Waals surface area (Å²) in [6, 6.07) is 0. The molecule has 0 saturated carbocycles. The SMILES string of the molecule is CC/C=C\C/C=C\C/C=C\C/C=C\C/C=C\CCCCCCCCCCCCCCCCCCCCCCCCCCCC(=O)OC(COC(=O)CCCCCCCCC/C=C\C/C=C\C/C=C\CC)COP(=O)(O)OCCN. The van der Waals surface area contributed by atoms with Crippen LogP contribution in [-0.2, 0) is 32.7 Å². The highest BCUT2D eigenvalue weighted by Gasteiger charge is 2.26. The van der Waals surface area contributed by atoms with Crippen LogP contribution in [0.5, 0.6) is 0 Å². The van der Waals surface area contributed by atoms with Gasteiger partial charge < -0.3 is 20.1 Å². The number of ether oxygens (including phenoxy) is 2. The van der Waals surface area contributed by atoms with Crippen LogP contribution in [0.3, 0.4) is 0 Å². The van der Waals surface area contributed by atoms with E-state index in [4.69, 9.17) is 24.3 Å². The summed E-state index contributed by atoms with van der Waals surface area (Å²) in [5.74, 6) is -0.831. The number of carbonyl (C=O) groups excluding carboxylic acids is 2. The number of esters is 2. The van der Waals surface area contributed by atoms with E-state index < -0.39 is 26.5 Å². The van der Waals surface area contributed by atoms with Gasteiger partial charge in [0.1, 0.15) is 6.61 Å². The molecule has 456 valence electrons. The molecule has 0 aliphatic rings. The van der Waals surface area contributed by atoms with Gasteiger partial charge >= 0.3 is 19.8 Å². The molecule has 0 aliphatic carbocycles. The molecule has 0 rings (SSSR count). The molecule has 0 aliphatic heterocycles. The molecular weight excluding hydrogens is 1000 g/mol. The zero-order valence-corrected chi connectivity index (χ0v) is 52.0. The smallest absolute Gasteiger partial charge is 0.462 e. The minimum absolute atomic E-state index is 0.0503. The predicted molar refractivity (Wildman–Crippen MR) is 339 cm³/mol. The van der Waals surface area contributed by atoms with Crippen molar-refractivity contribution in [2.75, 3.05) is 26.4 Å². The van der Waals surface area contributed by atoms with E-state index in [-0.39, 0.29) is 38.6 Å². The van der Waals surface area contributed by atoms with E-state index >= 15 is 0 Å². The van der Waals surface area contributed by atoms with E-state index in [9.17, 15) is 19.0 Å². The highest BCUT2D eigenvalue weighted by atomic mass is 31.2. The lowest BCUT2D eigenvalue weighted by Gasteiger charge is -2.19. The van der Waals surface area contributed by atoms with Gasteiger partial charge in [0.15, 0.2) is 6.10 Å². The van der Waals surface area contributed by atoms with Gasteiger partial charge in [0.2, 0.25) is 0 Å². The Hall–Kier alpha value is -3.07. The van der Waals surface area contributed by atoms with Gasteiger partial charge in [-0.2, -0.15) is 0 Å². The minimum atomic E-state index is -4.39. The Kier molecular flexibility index (Phi) is 61.6. The van der Waals surface area contributed by atoms with Crippen molar-refractivity contribution in [1.82, 2.24) is 0 Å². The number of allylic oxidation sites excluding steroid dienone is 16. The topological polar surface area (TPSA) is 134 Å². The molecule has 2 unspecified atom stereocenters. The lowest BCUT2D eigenvalue weighted by atomic mass is 10.0. The molecule has 0 aromatic rings. The maximum atomic E-state index is 12.7. The van der Waals surface area contributed by atoms with Gasteiger partial charge in [-0.25, -0.2) is 4.57 Å². The van der Waals surface area contributed by atoms with Gasteiger partial charge in [-0.1, -0.05) is 291 Å². The first kappa shape index (κ1) is 75.9. The van der Waals surface area contributed by atoms with Crippen molar-refractivity contribution in [3.8, 4) is 0 Å². The van der Waals surface area contributed by atoms with Crippen LogP contribution in [0.25, 0.3) is 0 Å². The molecular formula is C69H122NO8P. The number of hydrogen-bond acceptors (Lipinski definition) is 8. The van der Waals surface area contributed by atoms with Crippen molar-refractivity contribution in [1.29, 1.82) is 0 Å². The number of unbranched alkanes of at least 4 members (excludes halogenated alkanes) is 32. The largest absolute Gasteiger partial charge is 0.472 e. The maximum Gasteiger partial charge on any atom is 0.472 e. The number of phosphoric acid groups is 1.